The van der Waals surface area contributed by atoms with Gasteiger partial charge in [-0.1, -0.05) is 42.5 Å². The molecule has 1 unspecified atom stereocenters. The van der Waals surface area contributed by atoms with Gasteiger partial charge < -0.3 is 24.4 Å². The van der Waals surface area contributed by atoms with E-state index < -0.39 is 11.9 Å². The number of halogens is 1. The topological polar surface area (TPSA) is 77.1 Å². The Kier molecular flexibility index (Phi) is 9.06. The van der Waals surface area contributed by atoms with Crippen molar-refractivity contribution in [2.24, 2.45) is 0 Å². The van der Waals surface area contributed by atoms with Crippen molar-refractivity contribution in [3.63, 3.8) is 0 Å². The van der Waals surface area contributed by atoms with Gasteiger partial charge in [-0.2, -0.15) is 0 Å². The number of hydrogen-bond acceptors (Lipinski definition) is 5. The van der Waals surface area contributed by atoms with Gasteiger partial charge in [-0.3, -0.25) is 9.59 Å². The molecule has 0 aliphatic rings. The zero-order valence-corrected chi connectivity index (χ0v) is 20.0. The Bertz CT molecular complexity index is 1100. The van der Waals surface area contributed by atoms with Gasteiger partial charge in [0.1, 0.15) is 29.1 Å². The van der Waals surface area contributed by atoms with Gasteiger partial charge in [0, 0.05) is 38.2 Å². The van der Waals surface area contributed by atoms with Crippen LogP contribution in [0.25, 0.3) is 0 Å². The van der Waals surface area contributed by atoms with Crippen LogP contribution in [0.3, 0.4) is 0 Å². The summed E-state index contributed by atoms with van der Waals surface area (Å²) >= 11 is 0. The molecule has 0 radical (unpaired) electrons. The molecule has 0 bridgehead atoms. The van der Waals surface area contributed by atoms with E-state index in [1.165, 1.54) is 38.3 Å². The minimum absolute atomic E-state index is 0.106. The smallest absolute Gasteiger partial charge is 0.261 e. The van der Waals surface area contributed by atoms with Gasteiger partial charge in [-0.15, -0.1) is 0 Å². The highest BCUT2D eigenvalue weighted by atomic mass is 19.1. The van der Waals surface area contributed by atoms with Gasteiger partial charge >= 0.3 is 0 Å². The number of methoxy groups -OCH3 is 2. The third kappa shape index (κ3) is 7.20. The second-order valence-corrected chi connectivity index (χ2v) is 7.80. The lowest BCUT2D eigenvalue weighted by atomic mass is 10.0. The summed E-state index contributed by atoms with van der Waals surface area (Å²) in [5, 5.41) is 2.65. The second kappa shape index (κ2) is 12.4. The van der Waals surface area contributed by atoms with Crippen LogP contribution in [0, 0.1) is 5.82 Å². The maximum absolute atomic E-state index is 13.5. The number of carbonyl (C=O) groups excluding carboxylic acids is 2. The predicted molar refractivity (Wildman–Crippen MR) is 130 cm³/mol. The number of hydrogen-bond donors (Lipinski definition) is 1. The Morgan fingerprint density at radius 3 is 2.06 bits per heavy atom. The highest BCUT2D eigenvalue weighted by Gasteiger charge is 2.30. The molecule has 3 aromatic carbocycles. The number of rotatable bonds is 11. The van der Waals surface area contributed by atoms with Gasteiger partial charge in [0.25, 0.3) is 5.91 Å². The summed E-state index contributed by atoms with van der Waals surface area (Å²) in [6, 6.07) is 19.4. The molecule has 0 aliphatic carbocycles. The van der Waals surface area contributed by atoms with E-state index >= 15 is 0 Å². The number of likely N-dealkylation sites (N-methyl/N-ethyl adjacent to an activating group) is 1. The van der Waals surface area contributed by atoms with E-state index in [-0.39, 0.29) is 24.9 Å². The van der Waals surface area contributed by atoms with Crippen molar-refractivity contribution < 1.29 is 28.2 Å². The quantitative estimate of drug-likeness (QED) is 0.454. The minimum atomic E-state index is -0.802. The van der Waals surface area contributed by atoms with Crippen LogP contribution in [0.15, 0.2) is 72.8 Å². The predicted octanol–water partition coefficient (Wildman–Crippen LogP) is 3.61. The lowest BCUT2D eigenvalue weighted by Crippen LogP contribution is -2.51. The van der Waals surface area contributed by atoms with Crippen molar-refractivity contribution in [2.75, 3.05) is 27.9 Å². The standard InChI is InChI=1S/C27H29FN2O5/c1-29-27(32)25(13-19-7-5-4-6-8-19)30(17-20-9-11-21(28)12-10-20)26(31)18-35-24-15-22(33-2)14-23(16-24)34-3/h4-12,14-16,25H,13,17-18H2,1-3H3,(H,29,32). The summed E-state index contributed by atoms with van der Waals surface area (Å²) in [7, 11) is 4.57. The summed E-state index contributed by atoms with van der Waals surface area (Å²) in [4.78, 5) is 27.8. The molecular weight excluding hydrogens is 451 g/mol. The molecular formula is C27H29FN2O5. The Hall–Kier alpha value is -4.07. The number of amides is 2. The fraction of sp³-hybridized carbons (Fsp3) is 0.259. The Morgan fingerprint density at radius 2 is 1.49 bits per heavy atom. The number of ether oxygens (including phenoxy) is 3. The summed E-state index contributed by atoms with van der Waals surface area (Å²) in [6.07, 6.45) is 0.306. The molecule has 0 saturated heterocycles. The van der Waals surface area contributed by atoms with Crippen LogP contribution in [-0.2, 0) is 22.6 Å². The lowest BCUT2D eigenvalue weighted by molar-refractivity contribution is -0.142. The highest BCUT2D eigenvalue weighted by Crippen LogP contribution is 2.27. The number of carbonyl (C=O) groups is 2. The molecule has 184 valence electrons. The first-order valence-electron chi connectivity index (χ1n) is 11.1. The SMILES string of the molecule is CNC(=O)C(Cc1ccccc1)N(Cc1ccc(F)cc1)C(=O)COc1cc(OC)cc(OC)c1. The average molecular weight is 481 g/mol. The molecule has 0 fully saturated rings. The number of nitrogens with one attached hydrogen (secondary N) is 1. The van der Waals surface area contributed by atoms with Crippen molar-refractivity contribution in [1.29, 1.82) is 0 Å². The molecule has 0 spiro atoms. The van der Waals surface area contributed by atoms with E-state index in [9.17, 15) is 14.0 Å². The van der Waals surface area contributed by atoms with Crippen molar-refractivity contribution in [3.05, 3.63) is 89.7 Å². The molecule has 8 heteroatoms. The number of benzene rings is 3. The maximum atomic E-state index is 13.5. The Morgan fingerprint density at radius 1 is 0.886 bits per heavy atom. The summed E-state index contributed by atoms with van der Waals surface area (Å²) in [5.41, 5.74) is 1.58. The summed E-state index contributed by atoms with van der Waals surface area (Å²) in [6.45, 7) is -0.214. The largest absolute Gasteiger partial charge is 0.496 e. The van der Waals surface area contributed by atoms with Crippen molar-refractivity contribution in [2.45, 2.75) is 19.0 Å². The molecule has 2 amide bonds. The summed E-state index contributed by atoms with van der Waals surface area (Å²) < 4.78 is 29.7. The van der Waals surface area contributed by atoms with E-state index in [0.717, 1.165) is 5.56 Å². The fourth-order valence-corrected chi connectivity index (χ4v) is 3.60. The second-order valence-electron chi connectivity index (χ2n) is 7.80. The molecule has 3 rings (SSSR count). The lowest BCUT2D eigenvalue weighted by Gasteiger charge is -2.31. The molecule has 1 N–H and O–H groups in total. The molecule has 7 nitrogen and oxygen atoms in total. The first-order valence-corrected chi connectivity index (χ1v) is 11.1. The number of nitrogens with zero attached hydrogens (tertiary/aromatic N) is 1. The average Bonchev–Trinajstić information content (AvgIpc) is 2.90. The molecule has 0 heterocycles. The molecule has 0 saturated carbocycles. The van der Waals surface area contributed by atoms with E-state index in [2.05, 4.69) is 5.32 Å². The van der Waals surface area contributed by atoms with Crippen LogP contribution in [0.5, 0.6) is 17.2 Å². The van der Waals surface area contributed by atoms with Crippen LogP contribution in [-0.4, -0.2) is 50.6 Å². The Labute approximate surface area is 204 Å². The van der Waals surface area contributed by atoms with Crippen LogP contribution < -0.4 is 19.5 Å². The third-order valence-electron chi connectivity index (χ3n) is 5.47. The van der Waals surface area contributed by atoms with Gasteiger partial charge in [0.2, 0.25) is 5.91 Å². The normalized spacial score (nSPS) is 11.3. The van der Waals surface area contributed by atoms with Gasteiger partial charge in [-0.25, -0.2) is 4.39 Å². The zero-order valence-electron chi connectivity index (χ0n) is 20.0. The van der Waals surface area contributed by atoms with Crippen molar-refractivity contribution >= 4 is 11.8 Å². The van der Waals surface area contributed by atoms with E-state index in [1.54, 1.807) is 30.3 Å². The van der Waals surface area contributed by atoms with Crippen LogP contribution in [0.4, 0.5) is 4.39 Å². The monoisotopic (exact) mass is 480 g/mol. The molecule has 1 atom stereocenters. The first kappa shape index (κ1) is 25.6. The van der Waals surface area contributed by atoms with E-state index in [1.807, 2.05) is 30.3 Å². The molecule has 3 aromatic rings. The first-order chi connectivity index (χ1) is 16.9. The van der Waals surface area contributed by atoms with Crippen LogP contribution in [0.2, 0.25) is 0 Å². The van der Waals surface area contributed by atoms with Gasteiger partial charge in [-0.05, 0) is 23.3 Å². The van der Waals surface area contributed by atoms with E-state index in [0.29, 0.717) is 29.2 Å². The van der Waals surface area contributed by atoms with Crippen LogP contribution >= 0.6 is 0 Å². The Balaban J connectivity index is 1.87. The third-order valence-corrected chi connectivity index (χ3v) is 5.47. The van der Waals surface area contributed by atoms with Crippen molar-refractivity contribution in [1.82, 2.24) is 10.2 Å². The molecule has 0 aliphatic heterocycles. The molecule has 35 heavy (non-hydrogen) atoms. The minimum Gasteiger partial charge on any atom is -0.496 e. The van der Waals surface area contributed by atoms with Crippen LogP contribution in [0.1, 0.15) is 11.1 Å². The van der Waals surface area contributed by atoms with Crippen molar-refractivity contribution in [3.8, 4) is 17.2 Å². The van der Waals surface area contributed by atoms with Gasteiger partial charge in [0.05, 0.1) is 14.2 Å². The summed E-state index contributed by atoms with van der Waals surface area (Å²) in [5.74, 6) is 0.322. The molecule has 0 aromatic heterocycles. The highest BCUT2D eigenvalue weighted by molar-refractivity contribution is 5.88. The van der Waals surface area contributed by atoms with Gasteiger partial charge in [0.15, 0.2) is 6.61 Å². The van der Waals surface area contributed by atoms with E-state index in [4.69, 9.17) is 14.2 Å². The fourth-order valence-electron chi connectivity index (χ4n) is 3.60. The maximum Gasteiger partial charge on any atom is 0.261 e. The zero-order chi connectivity index (χ0) is 25.2.